The first-order valence-electron chi connectivity index (χ1n) is 3.24. The average molecular weight is 149 g/mol. The third-order valence-corrected chi connectivity index (χ3v) is 2.86. The van der Waals surface area contributed by atoms with Crippen molar-refractivity contribution in [1.82, 2.24) is 0 Å². The van der Waals surface area contributed by atoms with Gasteiger partial charge in [0, 0.05) is 5.75 Å². The summed E-state index contributed by atoms with van der Waals surface area (Å²) in [6.45, 7) is 0.483. The molecule has 3 heteroatoms. The van der Waals surface area contributed by atoms with Gasteiger partial charge in [0.2, 0.25) is 0 Å². The first-order chi connectivity index (χ1) is 4.27. The molecule has 1 heterocycles. The lowest BCUT2D eigenvalue weighted by atomic mass is 10.0. The molecule has 0 spiro atoms. The zero-order chi connectivity index (χ0) is 6.74. The molecule has 0 amide bonds. The van der Waals surface area contributed by atoms with E-state index in [4.69, 9.17) is 5.73 Å². The fraction of sp³-hybridized carbons (Fsp3) is 1.00. The van der Waals surface area contributed by atoms with Gasteiger partial charge in [0.1, 0.15) is 5.67 Å². The molecular formula is C6H12FNS. The van der Waals surface area contributed by atoms with E-state index in [-0.39, 0.29) is 0 Å². The van der Waals surface area contributed by atoms with Gasteiger partial charge in [-0.05, 0) is 25.1 Å². The highest BCUT2D eigenvalue weighted by molar-refractivity contribution is 7.99. The van der Waals surface area contributed by atoms with Crippen LogP contribution in [-0.4, -0.2) is 23.7 Å². The van der Waals surface area contributed by atoms with Gasteiger partial charge >= 0.3 is 0 Å². The number of hydrogen-bond donors (Lipinski definition) is 1. The Morgan fingerprint density at radius 2 is 2.44 bits per heavy atom. The van der Waals surface area contributed by atoms with Gasteiger partial charge in [-0.25, -0.2) is 4.39 Å². The minimum Gasteiger partial charge on any atom is -0.330 e. The van der Waals surface area contributed by atoms with Crippen molar-refractivity contribution in [2.45, 2.75) is 18.5 Å². The number of nitrogens with two attached hydrogens (primary N) is 1. The molecule has 1 aliphatic heterocycles. The van der Waals surface area contributed by atoms with Crippen LogP contribution in [0.3, 0.4) is 0 Å². The van der Waals surface area contributed by atoms with E-state index in [9.17, 15) is 4.39 Å². The molecule has 0 aromatic rings. The Labute approximate surface area is 59.2 Å². The summed E-state index contributed by atoms with van der Waals surface area (Å²) in [6, 6.07) is 0. The van der Waals surface area contributed by atoms with Gasteiger partial charge in [0.05, 0.1) is 0 Å². The van der Waals surface area contributed by atoms with Crippen molar-refractivity contribution in [3.8, 4) is 0 Å². The van der Waals surface area contributed by atoms with Crippen LogP contribution in [0.2, 0.25) is 0 Å². The molecule has 1 fully saturated rings. The standard InChI is InChI=1S/C6H12FNS/c7-6(1-3-8)2-4-9-5-6/h1-5,8H2. The van der Waals surface area contributed by atoms with Crippen LogP contribution >= 0.6 is 11.8 Å². The third-order valence-electron chi connectivity index (χ3n) is 1.65. The smallest absolute Gasteiger partial charge is 0.122 e. The van der Waals surface area contributed by atoms with Gasteiger partial charge < -0.3 is 5.73 Å². The van der Waals surface area contributed by atoms with Crippen LogP contribution in [-0.2, 0) is 0 Å². The first kappa shape index (κ1) is 7.35. The summed E-state index contributed by atoms with van der Waals surface area (Å²) >= 11 is 1.69. The zero-order valence-electron chi connectivity index (χ0n) is 5.40. The van der Waals surface area contributed by atoms with Crippen molar-refractivity contribution < 1.29 is 4.39 Å². The number of thioether (sulfide) groups is 1. The predicted octanol–water partition coefficient (Wildman–Crippen LogP) is 1.18. The van der Waals surface area contributed by atoms with E-state index in [0.717, 1.165) is 5.75 Å². The van der Waals surface area contributed by atoms with E-state index >= 15 is 0 Å². The van der Waals surface area contributed by atoms with E-state index in [1.165, 1.54) is 0 Å². The van der Waals surface area contributed by atoms with Gasteiger partial charge in [0.15, 0.2) is 0 Å². The Morgan fingerprint density at radius 1 is 1.67 bits per heavy atom. The van der Waals surface area contributed by atoms with E-state index in [1.54, 1.807) is 11.8 Å². The second kappa shape index (κ2) is 2.88. The molecular weight excluding hydrogens is 137 g/mol. The highest BCUT2D eigenvalue weighted by atomic mass is 32.2. The van der Waals surface area contributed by atoms with Gasteiger partial charge in [-0.1, -0.05) is 0 Å². The molecule has 54 valence electrons. The van der Waals surface area contributed by atoms with Gasteiger partial charge in [0.25, 0.3) is 0 Å². The molecule has 1 rings (SSSR count). The van der Waals surface area contributed by atoms with Crippen LogP contribution in [0.15, 0.2) is 0 Å². The Morgan fingerprint density at radius 3 is 2.89 bits per heavy atom. The fourth-order valence-electron chi connectivity index (χ4n) is 1.04. The first-order valence-corrected chi connectivity index (χ1v) is 4.39. The summed E-state index contributed by atoms with van der Waals surface area (Å²) < 4.78 is 13.2. The molecule has 0 bridgehead atoms. The molecule has 2 N–H and O–H groups in total. The summed E-state index contributed by atoms with van der Waals surface area (Å²) in [6.07, 6.45) is 1.24. The normalized spacial score (nSPS) is 35.3. The SMILES string of the molecule is NCCC1(F)CCSC1. The predicted molar refractivity (Wildman–Crippen MR) is 39.5 cm³/mol. The van der Waals surface area contributed by atoms with Crippen molar-refractivity contribution in [2.24, 2.45) is 5.73 Å². The maximum atomic E-state index is 13.2. The van der Waals surface area contributed by atoms with Crippen LogP contribution in [0, 0.1) is 0 Å². The van der Waals surface area contributed by atoms with Gasteiger partial charge in [-0.3, -0.25) is 0 Å². The largest absolute Gasteiger partial charge is 0.330 e. The zero-order valence-corrected chi connectivity index (χ0v) is 6.22. The fourth-order valence-corrected chi connectivity index (χ4v) is 2.35. The quantitative estimate of drug-likeness (QED) is 0.638. The minimum absolute atomic E-state index is 0.483. The average Bonchev–Trinajstić information content (AvgIpc) is 2.16. The van der Waals surface area contributed by atoms with Crippen LogP contribution < -0.4 is 5.73 Å². The topological polar surface area (TPSA) is 26.0 Å². The number of rotatable bonds is 2. The summed E-state index contributed by atoms with van der Waals surface area (Å²) in [4.78, 5) is 0. The van der Waals surface area contributed by atoms with Gasteiger partial charge in [-0.15, -0.1) is 0 Å². The Balaban J connectivity index is 2.32. The van der Waals surface area contributed by atoms with Crippen LogP contribution in [0.25, 0.3) is 0 Å². The van der Waals surface area contributed by atoms with E-state index < -0.39 is 5.67 Å². The number of hydrogen-bond acceptors (Lipinski definition) is 2. The maximum absolute atomic E-state index is 13.2. The van der Waals surface area contributed by atoms with Gasteiger partial charge in [-0.2, -0.15) is 11.8 Å². The maximum Gasteiger partial charge on any atom is 0.122 e. The molecule has 0 saturated carbocycles. The Kier molecular flexibility index (Phi) is 2.35. The Hall–Kier alpha value is 0.240. The van der Waals surface area contributed by atoms with Crippen LogP contribution in [0.1, 0.15) is 12.8 Å². The van der Waals surface area contributed by atoms with Crippen molar-refractivity contribution in [2.75, 3.05) is 18.1 Å². The van der Waals surface area contributed by atoms with Crippen LogP contribution in [0.5, 0.6) is 0 Å². The highest BCUT2D eigenvalue weighted by Gasteiger charge is 2.32. The monoisotopic (exact) mass is 149 g/mol. The summed E-state index contributed by atoms with van der Waals surface area (Å²) in [5, 5.41) is 0. The summed E-state index contributed by atoms with van der Waals surface area (Å²) in [5.74, 6) is 1.63. The number of alkyl halides is 1. The second-order valence-electron chi connectivity index (χ2n) is 2.49. The molecule has 1 saturated heterocycles. The van der Waals surface area contributed by atoms with Crippen molar-refractivity contribution >= 4 is 11.8 Å². The minimum atomic E-state index is -0.917. The third kappa shape index (κ3) is 1.83. The molecule has 0 radical (unpaired) electrons. The van der Waals surface area contributed by atoms with Crippen molar-refractivity contribution in [1.29, 1.82) is 0 Å². The van der Waals surface area contributed by atoms with E-state index in [0.29, 0.717) is 25.1 Å². The van der Waals surface area contributed by atoms with E-state index in [1.807, 2.05) is 0 Å². The Bertz CT molecular complexity index is 91.1. The molecule has 1 unspecified atom stereocenters. The molecule has 9 heavy (non-hydrogen) atoms. The van der Waals surface area contributed by atoms with Crippen molar-refractivity contribution in [3.63, 3.8) is 0 Å². The van der Waals surface area contributed by atoms with Crippen molar-refractivity contribution in [3.05, 3.63) is 0 Å². The van der Waals surface area contributed by atoms with E-state index in [2.05, 4.69) is 0 Å². The summed E-state index contributed by atoms with van der Waals surface area (Å²) in [7, 11) is 0. The molecule has 0 aromatic heterocycles. The lowest BCUT2D eigenvalue weighted by Gasteiger charge is -2.15. The number of halogens is 1. The molecule has 1 nitrogen and oxygen atoms in total. The molecule has 1 aliphatic rings. The lowest BCUT2D eigenvalue weighted by Crippen LogP contribution is -2.25. The van der Waals surface area contributed by atoms with Crippen LogP contribution in [0.4, 0.5) is 4.39 Å². The second-order valence-corrected chi connectivity index (χ2v) is 3.60. The molecule has 0 aromatic carbocycles. The lowest BCUT2D eigenvalue weighted by molar-refractivity contribution is 0.188. The highest BCUT2D eigenvalue weighted by Crippen LogP contribution is 2.33. The molecule has 0 aliphatic carbocycles. The summed E-state index contributed by atoms with van der Waals surface area (Å²) in [5.41, 5.74) is 4.33. The molecule has 1 atom stereocenters.